The van der Waals surface area contributed by atoms with Crippen LogP contribution in [-0.4, -0.2) is 11.1 Å². The average molecular weight is 243 g/mol. The van der Waals surface area contributed by atoms with Crippen molar-refractivity contribution in [2.75, 3.05) is 0 Å². The van der Waals surface area contributed by atoms with Crippen molar-refractivity contribution in [1.82, 2.24) is 0 Å². The summed E-state index contributed by atoms with van der Waals surface area (Å²) in [5, 5.41) is 8.55. The highest BCUT2D eigenvalue weighted by molar-refractivity contribution is 8.00. The first-order chi connectivity index (χ1) is 7.06. The fraction of sp³-hybridized carbons (Fsp3) is 0.364. The second kappa shape index (κ2) is 5.42. The minimum absolute atomic E-state index is 0.0337. The van der Waals surface area contributed by atoms with E-state index in [1.807, 2.05) is 12.1 Å². The van der Waals surface area contributed by atoms with E-state index in [-0.39, 0.29) is 5.84 Å². The van der Waals surface area contributed by atoms with Gasteiger partial charge in [0.2, 0.25) is 0 Å². The molecule has 0 aromatic heterocycles. The number of hydrogen-bond donors (Lipinski definition) is 2. The quantitative estimate of drug-likeness (QED) is 0.482. The van der Waals surface area contributed by atoms with Crippen molar-refractivity contribution < 1.29 is 0 Å². The Morgan fingerprint density at radius 3 is 2.80 bits per heavy atom. The standard InChI is InChI=1S/C11H15ClN2S/c1-3-7(2)15-9-6-4-5-8(12)10(9)11(13)14/h4-7H,3H2,1-2H3,(H3,13,14). The van der Waals surface area contributed by atoms with E-state index in [0.29, 0.717) is 15.8 Å². The van der Waals surface area contributed by atoms with Crippen LogP contribution in [0.5, 0.6) is 0 Å². The Morgan fingerprint density at radius 1 is 1.60 bits per heavy atom. The first-order valence-electron chi connectivity index (χ1n) is 4.85. The third-order valence-electron chi connectivity index (χ3n) is 2.15. The van der Waals surface area contributed by atoms with E-state index >= 15 is 0 Å². The molecule has 82 valence electrons. The summed E-state index contributed by atoms with van der Waals surface area (Å²) in [4.78, 5) is 0.990. The number of rotatable bonds is 4. The summed E-state index contributed by atoms with van der Waals surface area (Å²) in [5.41, 5.74) is 6.18. The van der Waals surface area contributed by atoms with Gasteiger partial charge in [-0.25, -0.2) is 0 Å². The highest BCUT2D eigenvalue weighted by atomic mass is 35.5. The molecule has 0 heterocycles. The molecule has 4 heteroatoms. The van der Waals surface area contributed by atoms with Crippen LogP contribution in [0.4, 0.5) is 0 Å². The third kappa shape index (κ3) is 3.14. The zero-order chi connectivity index (χ0) is 11.4. The lowest BCUT2D eigenvalue weighted by Gasteiger charge is -2.13. The second-order valence-corrected chi connectivity index (χ2v) is 5.25. The van der Waals surface area contributed by atoms with Crippen LogP contribution in [0.15, 0.2) is 23.1 Å². The van der Waals surface area contributed by atoms with Gasteiger partial charge in [-0.15, -0.1) is 11.8 Å². The summed E-state index contributed by atoms with van der Waals surface area (Å²) in [5.74, 6) is 0.0337. The van der Waals surface area contributed by atoms with Crippen molar-refractivity contribution in [2.24, 2.45) is 5.73 Å². The van der Waals surface area contributed by atoms with Crippen LogP contribution in [-0.2, 0) is 0 Å². The molecule has 0 saturated carbocycles. The molecular formula is C11H15ClN2S. The van der Waals surface area contributed by atoms with Crippen molar-refractivity contribution in [3.8, 4) is 0 Å². The number of benzene rings is 1. The number of nitrogens with two attached hydrogens (primary N) is 1. The molecule has 0 fully saturated rings. The zero-order valence-corrected chi connectivity index (χ0v) is 10.5. The normalized spacial score (nSPS) is 12.5. The zero-order valence-electron chi connectivity index (χ0n) is 8.88. The molecule has 1 aromatic carbocycles. The lowest BCUT2D eigenvalue weighted by atomic mass is 10.2. The lowest BCUT2D eigenvalue weighted by Crippen LogP contribution is -2.13. The van der Waals surface area contributed by atoms with Gasteiger partial charge in [-0.1, -0.05) is 31.5 Å². The average Bonchev–Trinajstić information content (AvgIpc) is 2.17. The number of nitrogens with one attached hydrogen (secondary N) is 1. The van der Waals surface area contributed by atoms with Gasteiger partial charge in [0, 0.05) is 15.7 Å². The van der Waals surface area contributed by atoms with E-state index in [9.17, 15) is 0 Å². The van der Waals surface area contributed by atoms with Crippen LogP contribution < -0.4 is 5.73 Å². The van der Waals surface area contributed by atoms with Crippen molar-refractivity contribution >= 4 is 29.2 Å². The van der Waals surface area contributed by atoms with E-state index in [1.165, 1.54) is 0 Å². The molecule has 0 spiro atoms. The van der Waals surface area contributed by atoms with Crippen molar-refractivity contribution in [3.05, 3.63) is 28.8 Å². The number of thioether (sulfide) groups is 1. The number of halogens is 1. The van der Waals surface area contributed by atoms with E-state index in [2.05, 4.69) is 13.8 Å². The summed E-state index contributed by atoms with van der Waals surface area (Å²) in [6.07, 6.45) is 1.08. The fourth-order valence-electron chi connectivity index (χ4n) is 1.16. The molecule has 0 aliphatic heterocycles. The van der Waals surface area contributed by atoms with E-state index < -0.39 is 0 Å². The predicted molar refractivity (Wildman–Crippen MR) is 68.1 cm³/mol. The van der Waals surface area contributed by atoms with Gasteiger partial charge < -0.3 is 5.73 Å². The van der Waals surface area contributed by atoms with E-state index in [0.717, 1.165) is 11.3 Å². The molecule has 1 unspecified atom stereocenters. The number of hydrogen-bond acceptors (Lipinski definition) is 2. The van der Waals surface area contributed by atoms with Gasteiger partial charge in [0.1, 0.15) is 5.84 Å². The molecule has 3 N–H and O–H groups in total. The van der Waals surface area contributed by atoms with Gasteiger partial charge in [-0.2, -0.15) is 0 Å². The van der Waals surface area contributed by atoms with Gasteiger partial charge in [-0.3, -0.25) is 5.41 Å². The minimum Gasteiger partial charge on any atom is -0.384 e. The highest BCUT2D eigenvalue weighted by Gasteiger charge is 2.12. The predicted octanol–water partition coefficient (Wildman–Crippen LogP) is 3.51. The van der Waals surface area contributed by atoms with Crippen molar-refractivity contribution in [1.29, 1.82) is 5.41 Å². The first-order valence-corrected chi connectivity index (χ1v) is 6.11. The topological polar surface area (TPSA) is 49.9 Å². The van der Waals surface area contributed by atoms with Crippen LogP contribution in [0.2, 0.25) is 5.02 Å². The molecular weight excluding hydrogens is 228 g/mol. The Morgan fingerprint density at radius 2 is 2.27 bits per heavy atom. The molecule has 0 aliphatic carbocycles. The molecule has 1 atom stereocenters. The Balaban J connectivity index is 3.06. The smallest absolute Gasteiger partial charge is 0.125 e. The van der Waals surface area contributed by atoms with Crippen LogP contribution in [0.1, 0.15) is 25.8 Å². The summed E-state index contributed by atoms with van der Waals surface area (Å²) in [6.45, 7) is 4.28. The molecule has 0 amide bonds. The van der Waals surface area contributed by atoms with Crippen molar-refractivity contribution in [3.63, 3.8) is 0 Å². The summed E-state index contributed by atoms with van der Waals surface area (Å²) < 4.78 is 0. The number of nitrogen functional groups attached to an aromatic ring is 1. The number of amidine groups is 1. The fourth-order valence-corrected chi connectivity index (χ4v) is 2.59. The molecule has 0 saturated heterocycles. The lowest BCUT2D eigenvalue weighted by molar-refractivity contribution is 0.905. The SMILES string of the molecule is CCC(C)Sc1cccc(Cl)c1C(=N)N. The van der Waals surface area contributed by atoms with Crippen molar-refractivity contribution in [2.45, 2.75) is 30.4 Å². The Bertz CT molecular complexity index is 366. The Kier molecular flexibility index (Phi) is 4.48. The van der Waals surface area contributed by atoms with Crippen LogP contribution >= 0.6 is 23.4 Å². The molecule has 0 radical (unpaired) electrons. The van der Waals surface area contributed by atoms with Gasteiger partial charge in [0.05, 0.1) is 5.02 Å². The summed E-state index contributed by atoms with van der Waals surface area (Å²) >= 11 is 7.72. The van der Waals surface area contributed by atoms with Gasteiger partial charge in [0.15, 0.2) is 0 Å². The highest BCUT2D eigenvalue weighted by Crippen LogP contribution is 2.31. The third-order valence-corrected chi connectivity index (χ3v) is 3.79. The maximum Gasteiger partial charge on any atom is 0.125 e. The maximum atomic E-state index is 7.50. The van der Waals surface area contributed by atoms with Crippen LogP contribution in [0.25, 0.3) is 0 Å². The monoisotopic (exact) mass is 242 g/mol. The van der Waals surface area contributed by atoms with E-state index in [1.54, 1.807) is 17.8 Å². The van der Waals surface area contributed by atoms with Gasteiger partial charge in [-0.05, 0) is 18.6 Å². The summed E-state index contributed by atoms with van der Waals surface area (Å²) in [7, 11) is 0. The molecule has 1 rings (SSSR count). The summed E-state index contributed by atoms with van der Waals surface area (Å²) in [6, 6.07) is 5.61. The maximum absolute atomic E-state index is 7.50. The molecule has 0 bridgehead atoms. The van der Waals surface area contributed by atoms with Gasteiger partial charge in [0.25, 0.3) is 0 Å². The van der Waals surface area contributed by atoms with Crippen LogP contribution in [0.3, 0.4) is 0 Å². The van der Waals surface area contributed by atoms with E-state index in [4.69, 9.17) is 22.7 Å². The molecule has 0 aliphatic rings. The van der Waals surface area contributed by atoms with Gasteiger partial charge >= 0.3 is 0 Å². The first kappa shape index (κ1) is 12.4. The molecule has 1 aromatic rings. The largest absolute Gasteiger partial charge is 0.384 e. The Hall–Kier alpha value is -0.670. The minimum atomic E-state index is 0.0337. The molecule has 2 nitrogen and oxygen atoms in total. The Labute approximate surface area is 99.7 Å². The van der Waals surface area contributed by atoms with Crippen LogP contribution in [0, 0.1) is 5.41 Å². The second-order valence-electron chi connectivity index (χ2n) is 3.36. The molecule has 15 heavy (non-hydrogen) atoms.